The van der Waals surface area contributed by atoms with Crippen molar-refractivity contribution in [1.29, 1.82) is 0 Å². The van der Waals surface area contributed by atoms with E-state index in [4.69, 9.17) is 23.2 Å². The lowest BCUT2D eigenvalue weighted by molar-refractivity contribution is -0.120. The third-order valence-electron chi connectivity index (χ3n) is 4.45. The van der Waals surface area contributed by atoms with Gasteiger partial charge in [0, 0.05) is 23.8 Å². The maximum Gasteiger partial charge on any atom is 0.248 e. The van der Waals surface area contributed by atoms with Crippen molar-refractivity contribution < 1.29 is 9.59 Å². The van der Waals surface area contributed by atoms with Gasteiger partial charge >= 0.3 is 0 Å². The maximum atomic E-state index is 12.3. The number of rotatable bonds is 5. The zero-order chi connectivity index (χ0) is 18.2. The summed E-state index contributed by atoms with van der Waals surface area (Å²) < 4.78 is 0.539. The molecule has 0 radical (unpaired) electrons. The average molecular weight is 381 g/mol. The number of halogens is 2. The second-order valence-electron chi connectivity index (χ2n) is 6.40. The molecule has 6 nitrogen and oxygen atoms in total. The molecule has 1 fully saturated rings. The van der Waals surface area contributed by atoms with Crippen LogP contribution in [0.1, 0.15) is 26.3 Å². The van der Waals surface area contributed by atoms with Crippen molar-refractivity contribution in [3.05, 3.63) is 42.7 Å². The smallest absolute Gasteiger partial charge is 0.248 e. The molecule has 3 rings (SSSR count). The van der Waals surface area contributed by atoms with Gasteiger partial charge < -0.3 is 10.6 Å². The second kappa shape index (κ2) is 6.35. The van der Waals surface area contributed by atoms with Crippen molar-refractivity contribution in [3.8, 4) is 0 Å². The standard InChI is InChI=1S/C17H18Cl2N4O2/c1-11(23-8-4-7-20-23)14(24)21-12-5-3-6-13(9-12)22-15(25)16(2)10-17(16,18)19/h3-9,11H,10H2,1-2H3,(H,21,24)(H,22,25). The van der Waals surface area contributed by atoms with Crippen LogP contribution >= 0.6 is 23.2 Å². The Labute approximate surface area is 155 Å². The molecule has 2 aromatic rings. The Morgan fingerprint density at radius 2 is 1.88 bits per heavy atom. The highest BCUT2D eigenvalue weighted by Gasteiger charge is 2.67. The second-order valence-corrected chi connectivity index (χ2v) is 7.88. The van der Waals surface area contributed by atoms with Crippen LogP contribution in [0.4, 0.5) is 11.4 Å². The topological polar surface area (TPSA) is 76.0 Å². The zero-order valence-electron chi connectivity index (χ0n) is 13.8. The Hall–Kier alpha value is -2.05. The van der Waals surface area contributed by atoms with Crippen LogP contribution in [-0.2, 0) is 9.59 Å². The van der Waals surface area contributed by atoms with Gasteiger partial charge in [0.05, 0.1) is 5.41 Å². The third-order valence-corrected chi connectivity index (χ3v) is 5.55. The molecule has 1 aliphatic carbocycles. The van der Waals surface area contributed by atoms with Crippen LogP contribution in [-0.4, -0.2) is 25.9 Å². The van der Waals surface area contributed by atoms with Crippen molar-refractivity contribution in [2.75, 3.05) is 10.6 Å². The molecular weight excluding hydrogens is 363 g/mol. The number of benzene rings is 1. The molecule has 0 spiro atoms. The first-order valence-corrected chi connectivity index (χ1v) is 8.58. The lowest BCUT2D eigenvalue weighted by Crippen LogP contribution is -2.26. The first kappa shape index (κ1) is 17.8. The minimum atomic E-state index is -1.03. The number of aromatic nitrogens is 2. The lowest BCUT2D eigenvalue weighted by Gasteiger charge is -2.15. The Morgan fingerprint density at radius 3 is 2.44 bits per heavy atom. The average Bonchev–Trinajstić information content (AvgIpc) is 2.94. The molecule has 25 heavy (non-hydrogen) atoms. The van der Waals surface area contributed by atoms with E-state index in [9.17, 15) is 9.59 Å². The van der Waals surface area contributed by atoms with Gasteiger partial charge in [-0.3, -0.25) is 14.3 Å². The first-order valence-electron chi connectivity index (χ1n) is 7.82. The van der Waals surface area contributed by atoms with Crippen LogP contribution in [0.15, 0.2) is 42.7 Å². The minimum Gasteiger partial charge on any atom is -0.325 e. The minimum absolute atomic E-state index is 0.207. The molecule has 0 aliphatic heterocycles. The van der Waals surface area contributed by atoms with Crippen LogP contribution in [0.5, 0.6) is 0 Å². The van der Waals surface area contributed by atoms with Crippen LogP contribution < -0.4 is 10.6 Å². The lowest BCUT2D eigenvalue weighted by atomic mass is 10.1. The van der Waals surface area contributed by atoms with E-state index in [0.29, 0.717) is 17.8 Å². The molecule has 0 saturated heterocycles. The first-order chi connectivity index (χ1) is 11.7. The molecular formula is C17H18Cl2N4O2. The number of hydrogen-bond donors (Lipinski definition) is 2. The molecule has 1 aromatic carbocycles. The number of nitrogens with one attached hydrogen (secondary N) is 2. The fraction of sp³-hybridized carbons (Fsp3) is 0.353. The number of carbonyl (C=O) groups excluding carboxylic acids is 2. The van der Waals surface area contributed by atoms with Gasteiger partial charge in [-0.1, -0.05) is 6.07 Å². The van der Waals surface area contributed by atoms with Crippen molar-refractivity contribution in [3.63, 3.8) is 0 Å². The molecule has 1 aromatic heterocycles. The highest BCUT2D eigenvalue weighted by molar-refractivity contribution is 6.53. The Kier molecular flexibility index (Phi) is 4.51. The number of anilines is 2. The van der Waals surface area contributed by atoms with Crippen LogP contribution in [0.2, 0.25) is 0 Å². The summed E-state index contributed by atoms with van der Waals surface area (Å²) in [6.45, 7) is 3.47. The SMILES string of the molecule is CC(C(=O)Nc1cccc(NC(=O)C2(C)CC2(Cl)Cl)c1)n1cccn1. The summed E-state index contributed by atoms with van der Waals surface area (Å²) in [5.74, 6) is -0.451. The van der Waals surface area contributed by atoms with Crippen molar-refractivity contribution in [1.82, 2.24) is 9.78 Å². The van der Waals surface area contributed by atoms with Gasteiger partial charge in [0.25, 0.3) is 0 Å². The van der Waals surface area contributed by atoms with Crippen molar-refractivity contribution in [2.24, 2.45) is 5.41 Å². The van der Waals surface area contributed by atoms with Crippen molar-refractivity contribution >= 4 is 46.4 Å². The molecule has 1 heterocycles. The van der Waals surface area contributed by atoms with Crippen LogP contribution in [0, 0.1) is 5.41 Å². The number of nitrogens with zero attached hydrogens (tertiary/aromatic N) is 2. The van der Waals surface area contributed by atoms with E-state index >= 15 is 0 Å². The Balaban J connectivity index is 1.66. The van der Waals surface area contributed by atoms with E-state index in [-0.39, 0.29) is 11.8 Å². The largest absolute Gasteiger partial charge is 0.325 e. The summed E-state index contributed by atoms with van der Waals surface area (Å²) in [4.78, 5) is 24.6. The van der Waals surface area contributed by atoms with Gasteiger partial charge in [-0.2, -0.15) is 5.10 Å². The number of amides is 2. The van der Waals surface area contributed by atoms with Gasteiger partial charge in [0.15, 0.2) is 0 Å². The molecule has 1 aliphatic rings. The Bertz CT molecular complexity index is 807. The summed E-state index contributed by atoms with van der Waals surface area (Å²) in [5.41, 5.74) is 0.335. The van der Waals surface area contributed by atoms with E-state index in [1.807, 2.05) is 0 Å². The monoisotopic (exact) mass is 380 g/mol. The van der Waals surface area contributed by atoms with Gasteiger partial charge in [-0.25, -0.2) is 0 Å². The molecule has 2 amide bonds. The van der Waals surface area contributed by atoms with E-state index in [1.54, 1.807) is 61.3 Å². The molecule has 0 bridgehead atoms. The van der Waals surface area contributed by atoms with E-state index in [0.717, 1.165) is 0 Å². The maximum absolute atomic E-state index is 12.3. The molecule has 2 unspecified atom stereocenters. The Morgan fingerprint density at radius 1 is 1.24 bits per heavy atom. The predicted molar refractivity (Wildman–Crippen MR) is 97.8 cm³/mol. The van der Waals surface area contributed by atoms with E-state index < -0.39 is 15.8 Å². The van der Waals surface area contributed by atoms with E-state index in [1.165, 1.54) is 0 Å². The number of carbonyl (C=O) groups is 2. The summed E-state index contributed by atoms with van der Waals surface area (Å²) in [6, 6.07) is 8.21. The third kappa shape index (κ3) is 3.50. The summed E-state index contributed by atoms with van der Waals surface area (Å²) in [7, 11) is 0. The molecule has 8 heteroatoms. The van der Waals surface area contributed by atoms with Gasteiger partial charge in [-0.05, 0) is 44.5 Å². The molecule has 1 saturated carbocycles. The molecule has 2 N–H and O–H groups in total. The number of hydrogen-bond acceptors (Lipinski definition) is 3. The highest BCUT2D eigenvalue weighted by atomic mass is 35.5. The zero-order valence-corrected chi connectivity index (χ0v) is 15.3. The van der Waals surface area contributed by atoms with E-state index in [2.05, 4.69) is 15.7 Å². The van der Waals surface area contributed by atoms with Crippen molar-refractivity contribution in [2.45, 2.75) is 30.6 Å². The fourth-order valence-corrected chi connectivity index (χ4v) is 3.17. The summed E-state index contributed by atoms with van der Waals surface area (Å²) in [5, 5.41) is 9.66. The fourth-order valence-electron chi connectivity index (χ4n) is 2.47. The summed E-state index contributed by atoms with van der Waals surface area (Å²) in [6.07, 6.45) is 3.75. The predicted octanol–water partition coefficient (Wildman–Crippen LogP) is 3.61. The van der Waals surface area contributed by atoms with Gasteiger partial charge in [0.1, 0.15) is 10.4 Å². The molecule has 132 valence electrons. The van der Waals surface area contributed by atoms with Gasteiger partial charge in [-0.15, -0.1) is 23.2 Å². The van der Waals surface area contributed by atoms with Crippen LogP contribution in [0.3, 0.4) is 0 Å². The summed E-state index contributed by atoms with van der Waals surface area (Å²) >= 11 is 12.1. The van der Waals surface area contributed by atoms with Gasteiger partial charge in [0.2, 0.25) is 11.8 Å². The number of alkyl halides is 2. The quantitative estimate of drug-likeness (QED) is 0.777. The highest BCUT2D eigenvalue weighted by Crippen LogP contribution is 2.64. The molecule has 2 atom stereocenters. The normalized spacial score (nSPS) is 22.1. The van der Waals surface area contributed by atoms with Crippen LogP contribution in [0.25, 0.3) is 0 Å².